The molecule has 0 bridgehead atoms. The van der Waals surface area contributed by atoms with Crippen molar-refractivity contribution in [2.24, 2.45) is 15.8 Å². The Balaban J connectivity index is 2.78. The van der Waals surface area contributed by atoms with Crippen molar-refractivity contribution in [2.75, 3.05) is 6.61 Å². The fourth-order valence-corrected chi connectivity index (χ4v) is 0.941. The minimum Gasteiger partial charge on any atom is -0.494 e. The maximum absolute atomic E-state index is 6.61. The minimum absolute atomic E-state index is 0.0610. The van der Waals surface area contributed by atoms with Gasteiger partial charge in [-0.2, -0.15) is 0 Å². The van der Waals surface area contributed by atoms with E-state index in [1.807, 2.05) is 6.92 Å². The molecule has 14 heavy (non-hydrogen) atoms. The summed E-state index contributed by atoms with van der Waals surface area (Å²) < 4.78 is 5.25. The maximum Gasteiger partial charge on any atom is 0.239 e. The summed E-state index contributed by atoms with van der Waals surface area (Å²) in [5, 5.41) is 2.99. The van der Waals surface area contributed by atoms with Gasteiger partial charge in [0.15, 0.2) is 0 Å². The third-order valence-electron chi connectivity index (χ3n) is 1.51. The molecule has 5 heteroatoms. The quantitative estimate of drug-likeness (QED) is 0.436. The fraction of sp³-hybridized carbons (Fsp3) is 0.222. The number of rotatable bonds is 3. The molecule has 3 N–H and O–H groups in total. The molecule has 0 amide bonds. The first-order valence-corrected chi connectivity index (χ1v) is 4.20. The first kappa shape index (κ1) is 10.2. The third kappa shape index (κ3) is 2.85. The van der Waals surface area contributed by atoms with Gasteiger partial charge in [0.2, 0.25) is 5.96 Å². The molecule has 0 unspecified atom stereocenters. The molecule has 1 aromatic rings. The van der Waals surface area contributed by atoms with Gasteiger partial charge in [0.1, 0.15) is 5.75 Å². The average Bonchev–Trinajstić information content (AvgIpc) is 2.21. The van der Waals surface area contributed by atoms with E-state index in [-0.39, 0.29) is 5.96 Å². The molecule has 0 spiro atoms. The zero-order chi connectivity index (χ0) is 10.4. The normalized spacial score (nSPS) is 11.1. The first-order valence-electron chi connectivity index (χ1n) is 4.20. The lowest BCUT2D eigenvalue weighted by Gasteiger charge is -2.01. The number of benzene rings is 1. The molecule has 0 heterocycles. The molecule has 0 aromatic heterocycles. The fourth-order valence-electron chi connectivity index (χ4n) is 0.941. The average molecular weight is 192 g/mol. The zero-order valence-electron chi connectivity index (χ0n) is 7.90. The van der Waals surface area contributed by atoms with Gasteiger partial charge in [0, 0.05) is 0 Å². The summed E-state index contributed by atoms with van der Waals surface area (Å²) in [6, 6.07) is 7.09. The van der Waals surface area contributed by atoms with Crippen LogP contribution in [0, 0.1) is 5.53 Å². The molecule has 0 aliphatic rings. The molecule has 0 aliphatic heterocycles. The highest BCUT2D eigenvalue weighted by Gasteiger charge is 1.93. The molecule has 0 saturated carbocycles. The Labute approximate surface area is 82.1 Å². The van der Waals surface area contributed by atoms with Crippen molar-refractivity contribution >= 4 is 11.6 Å². The van der Waals surface area contributed by atoms with Crippen LogP contribution in [-0.2, 0) is 0 Å². The van der Waals surface area contributed by atoms with Gasteiger partial charge < -0.3 is 10.5 Å². The molecule has 0 radical (unpaired) electrons. The van der Waals surface area contributed by atoms with Gasteiger partial charge in [0.05, 0.1) is 12.3 Å². The second-order valence-corrected chi connectivity index (χ2v) is 2.51. The van der Waals surface area contributed by atoms with Crippen LogP contribution in [0.4, 0.5) is 5.69 Å². The van der Waals surface area contributed by atoms with Gasteiger partial charge in [-0.1, -0.05) is 0 Å². The molecule has 1 aromatic carbocycles. The largest absolute Gasteiger partial charge is 0.494 e. The molecule has 1 rings (SSSR count). The lowest BCUT2D eigenvalue weighted by atomic mass is 10.3. The second-order valence-electron chi connectivity index (χ2n) is 2.51. The van der Waals surface area contributed by atoms with E-state index in [4.69, 9.17) is 16.0 Å². The maximum atomic E-state index is 6.61. The van der Waals surface area contributed by atoms with Crippen molar-refractivity contribution in [2.45, 2.75) is 6.92 Å². The van der Waals surface area contributed by atoms with Crippen molar-refractivity contribution in [1.29, 1.82) is 5.53 Å². The Bertz CT molecular complexity index is 331. The molecule has 5 nitrogen and oxygen atoms in total. The molecular formula is C9H12N4O. The van der Waals surface area contributed by atoms with Crippen LogP contribution in [0.25, 0.3) is 0 Å². The molecule has 74 valence electrons. The number of guanidine groups is 1. The third-order valence-corrected chi connectivity index (χ3v) is 1.51. The molecular weight excluding hydrogens is 180 g/mol. The van der Waals surface area contributed by atoms with Gasteiger partial charge in [-0.15, -0.1) is 5.11 Å². The van der Waals surface area contributed by atoms with Gasteiger partial charge in [-0.3, -0.25) is 0 Å². The number of hydrogen-bond acceptors (Lipinski definition) is 3. The standard InChI is InChI=1S/C9H12N4O/c1-2-14-8-5-3-7(4-6-8)12-9(10)13-11/h3-6,11H,2H2,1H3,(H2,10,12). The number of nitrogens with one attached hydrogen (secondary N) is 1. The van der Waals surface area contributed by atoms with E-state index in [0.29, 0.717) is 12.3 Å². The summed E-state index contributed by atoms with van der Waals surface area (Å²) in [7, 11) is 0. The van der Waals surface area contributed by atoms with Crippen molar-refractivity contribution in [3.63, 3.8) is 0 Å². The predicted molar refractivity (Wildman–Crippen MR) is 54.0 cm³/mol. The first-order chi connectivity index (χ1) is 6.76. The summed E-state index contributed by atoms with van der Waals surface area (Å²) in [5.41, 5.74) is 12.5. The van der Waals surface area contributed by atoms with Crippen molar-refractivity contribution < 1.29 is 4.74 Å². The van der Waals surface area contributed by atoms with Crippen LogP contribution in [0.15, 0.2) is 34.4 Å². The number of nitrogens with two attached hydrogens (primary N) is 1. The second kappa shape index (κ2) is 4.96. The predicted octanol–water partition coefficient (Wildman–Crippen LogP) is 2.06. The van der Waals surface area contributed by atoms with E-state index < -0.39 is 0 Å². The lowest BCUT2D eigenvalue weighted by molar-refractivity contribution is 0.340. The zero-order valence-corrected chi connectivity index (χ0v) is 7.90. The van der Waals surface area contributed by atoms with Crippen LogP contribution in [0.1, 0.15) is 6.92 Å². The van der Waals surface area contributed by atoms with Crippen LogP contribution in [-0.4, -0.2) is 12.6 Å². The van der Waals surface area contributed by atoms with E-state index in [1.165, 1.54) is 0 Å². The van der Waals surface area contributed by atoms with Gasteiger partial charge in [-0.25, -0.2) is 10.5 Å². The Hall–Kier alpha value is -1.91. The van der Waals surface area contributed by atoms with Crippen LogP contribution in [0.5, 0.6) is 5.75 Å². The Morgan fingerprint density at radius 3 is 2.57 bits per heavy atom. The molecule has 0 atom stereocenters. The SMILES string of the molecule is CCOc1ccc(N=C(N)N=N)cc1. The number of ether oxygens (including phenoxy) is 1. The van der Waals surface area contributed by atoms with Crippen LogP contribution < -0.4 is 10.5 Å². The summed E-state index contributed by atoms with van der Waals surface area (Å²) in [4.78, 5) is 3.86. The summed E-state index contributed by atoms with van der Waals surface area (Å²) >= 11 is 0. The Morgan fingerprint density at radius 1 is 1.43 bits per heavy atom. The molecule has 0 aliphatic carbocycles. The number of nitrogens with zero attached hydrogens (tertiary/aromatic N) is 2. The summed E-state index contributed by atoms with van der Waals surface area (Å²) in [5.74, 6) is 0.724. The highest BCUT2D eigenvalue weighted by molar-refractivity contribution is 5.80. The van der Waals surface area contributed by atoms with E-state index in [0.717, 1.165) is 5.75 Å². The lowest BCUT2D eigenvalue weighted by Crippen LogP contribution is -2.05. The topological polar surface area (TPSA) is 83.8 Å². The number of hydrogen-bond donors (Lipinski definition) is 2. The minimum atomic E-state index is -0.0610. The Morgan fingerprint density at radius 2 is 2.07 bits per heavy atom. The monoisotopic (exact) mass is 192 g/mol. The van der Waals surface area contributed by atoms with E-state index in [2.05, 4.69) is 10.1 Å². The van der Waals surface area contributed by atoms with Crippen LogP contribution in [0.3, 0.4) is 0 Å². The highest BCUT2D eigenvalue weighted by Crippen LogP contribution is 2.17. The highest BCUT2D eigenvalue weighted by atomic mass is 16.5. The van der Waals surface area contributed by atoms with Gasteiger partial charge in [-0.05, 0) is 31.2 Å². The smallest absolute Gasteiger partial charge is 0.239 e. The van der Waals surface area contributed by atoms with Crippen LogP contribution in [0.2, 0.25) is 0 Å². The van der Waals surface area contributed by atoms with Gasteiger partial charge in [0.25, 0.3) is 0 Å². The molecule has 0 saturated heterocycles. The van der Waals surface area contributed by atoms with Crippen molar-refractivity contribution in [3.05, 3.63) is 24.3 Å². The van der Waals surface area contributed by atoms with Crippen LogP contribution >= 0.6 is 0 Å². The van der Waals surface area contributed by atoms with Gasteiger partial charge >= 0.3 is 0 Å². The number of aliphatic imine (C=N–C) groups is 1. The van der Waals surface area contributed by atoms with E-state index >= 15 is 0 Å². The van der Waals surface area contributed by atoms with E-state index in [1.54, 1.807) is 24.3 Å². The summed E-state index contributed by atoms with van der Waals surface area (Å²) in [6.45, 7) is 2.55. The molecule has 0 fully saturated rings. The Kier molecular flexibility index (Phi) is 3.60. The summed E-state index contributed by atoms with van der Waals surface area (Å²) in [6.07, 6.45) is 0. The van der Waals surface area contributed by atoms with Crippen molar-refractivity contribution in [3.8, 4) is 5.75 Å². The van der Waals surface area contributed by atoms with Crippen molar-refractivity contribution in [1.82, 2.24) is 0 Å². The van der Waals surface area contributed by atoms with E-state index in [9.17, 15) is 0 Å².